The van der Waals surface area contributed by atoms with E-state index in [1.807, 2.05) is 66.7 Å². The summed E-state index contributed by atoms with van der Waals surface area (Å²) >= 11 is 12.1. The zero-order valence-electron chi connectivity index (χ0n) is 23.5. The maximum Gasteiger partial charge on any atom is 0.323 e. The van der Waals surface area contributed by atoms with Crippen LogP contribution in [0.4, 0.5) is 0 Å². The lowest BCUT2D eigenvalue weighted by Gasteiger charge is -2.28. The summed E-state index contributed by atoms with van der Waals surface area (Å²) in [6.07, 6.45) is 0.994. The molecule has 0 radical (unpaired) electrons. The summed E-state index contributed by atoms with van der Waals surface area (Å²) in [5.41, 5.74) is 3.94. The minimum atomic E-state index is -0.512. The Hall–Kier alpha value is -3.71. The zero-order valence-corrected chi connectivity index (χ0v) is 25.0. The Morgan fingerprint density at radius 2 is 1.74 bits per heavy atom. The molecule has 2 unspecified atom stereocenters. The number of hydrogen-bond donors (Lipinski definition) is 1. The second-order valence-corrected chi connectivity index (χ2v) is 10.9. The number of halogens is 2. The fourth-order valence-corrected chi connectivity index (χ4v) is 5.29. The topological polar surface area (TPSA) is 66.0 Å². The standard InChI is InChI=1S/C34H33Cl2NO5/c1-3-29(24-8-5-4-6-9-24)37-30(34(38)39-2)17-22-13-15-31-32(18-22)41-21-33(42-31)25-10-7-11-26(19-25)40-20-23-12-14-27(35)28(36)16-23/h4-16,18-19,29-30,33,37H,3,17,20-21H2,1-2H3/t29-,30?,33?/m0/s1. The Labute approximate surface area is 256 Å². The number of rotatable bonds is 11. The SMILES string of the molecule is CC[C@H](NC(Cc1ccc2c(c1)OCC(c1cccc(OCc3ccc(Cl)c(Cl)c3)c1)O2)C(=O)OC)c1ccccc1. The van der Waals surface area contributed by atoms with Gasteiger partial charge in [-0.15, -0.1) is 0 Å². The van der Waals surface area contributed by atoms with Gasteiger partial charge in [-0.2, -0.15) is 0 Å². The van der Waals surface area contributed by atoms with E-state index in [0.29, 0.717) is 46.9 Å². The van der Waals surface area contributed by atoms with Crippen molar-refractivity contribution in [2.24, 2.45) is 0 Å². The summed E-state index contributed by atoms with van der Waals surface area (Å²) in [6.45, 7) is 2.80. The summed E-state index contributed by atoms with van der Waals surface area (Å²) in [7, 11) is 1.41. The molecule has 0 saturated carbocycles. The van der Waals surface area contributed by atoms with Crippen LogP contribution in [-0.2, 0) is 22.6 Å². The van der Waals surface area contributed by atoms with Gasteiger partial charge in [-0.25, -0.2) is 0 Å². The second-order valence-electron chi connectivity index (χ2n) is 10.1. The van der Waals surface area contributed by atoms with Crippen molar-refractivity contribution in [3.05, 3.63) is 123 Å². The molecule has 42 heavy (non-hydrogen) atoms. The van der Waals surface area contributed by atoms with E-state index in [4.69, 9.17) is 42.1 Å². The van der Waals surface area contributed by atoms with Crippen molar-refractivity contribution in [2.75, 3.05) is 13.7 Å². The van der Waals surface area contributed by atoms with E-state index in [-0.39, 0.29) is 18.1 Å². The van der Waals surface area contributed by atoms with Gasteiger partial charge in [0.25, 0.3) is 0 Å². The smallest absolute Gasteiger partial charge is 0.323 e. The summed E-state index contributed by atoms with van der Waals surface area (Å²) in [4.78, 5) is 12.7. The van der Waals surface area contributed by atoms with Crippen LogP contribution in [0.1, 0.15) is 47.7 Å². The first-order chi connectivity index (χ1) is 20.4. The average Bonchev–Trinajstić information content (AvgIpc) is 3.03. The van der Waals surface area contributed by atoms with Gasteiger partial charge in [0.1, 0.15) is 25.0 Å². The maximum atomic E-state index is 12.7. The Morgan fingerprint density at radius 3 is 2.50 bits per heavy atom. The zero-order chi connectivity index (χ0) is 29.5. The molecular formula is C34H33Cl2NO5. The lowest BCUT2D eigenvalue weighted by atomic mass is 10.00. The maximum absolute atomic E-state index is 12.7. The summed E-state index contributed by atoms with van der Waals surface area (Å²) in [5.74, 6) is 1.70. The van der Waals surface area contributed by atoms with E-state index in [1.54, 1.807) is 12.1 Å². The molecular weight excluding hydrogens is 573 g/mol. The van der Waals surface area contributed by atoms with E-state index in [2.05, 4.69) is 24.4 Å². The van der Waals surface area contributed by atoms with Crippen LogP contribution in [0.15, 0.2) is 91.0 Å². The summed E-state index contributed by atoms with van der Waals surface area (Å²) in [6, 6.07) is 28.6. The van der Waals surface area contributed by atoms with Crippen LogP contribution in [0.2, 0.25) is 10.0 Å². The molecule has 0 spiro atoms. The lowest BCUT2D eigenvalue weighted by Crippen LogP contribution is -2.41. The van der Waals surface area contributed by atoms with Crippen molar-refractivity contribution >= 4 is 29.2 Å². The molecule has 1 N–H and O–H groups in total. The Kier molecular flexibility index (Phi) is 9.90. The molecule has 5 rings (SSSR count). The van der Waals surface area contributed by atoms with Gasteiger partial charge in [0.05, 0.1) is 17.2 Å². The average molecular weight is 607 g/mol. The van der Waals surface area contributed by atoms with Gasteiger partial charge in [-0.1, -0.05) is 84.7 Å². The van der Waals surface area contributed by atoms with Gasteiger partial charge in [0.15, 0.2) is 17.6 Å². The highest BCUT2D eigenvalue weighted by Gasteiger charge is 2.26. The molecule has 3 atom stereocenters. The molecule has 8 heteroatoms. The highest BCUT2D eigenvalue weighted by Crippen LogP contribution is 2.38. The molecule has 0 amide bonds. The normalized spacial score (nSPS) is 15.5. The number of methoxy groups -OCH3 is 1. The largest absolute Gasteiger partial charge is 0.489 e. The van der Waals surface area contributed by atoms with Gasteiger partial charge < -0.3 is 18.9 Å². The first kappa shape index (κ1) is 29.8. The van der Waals surface area contributed by atoms with E-state index >= 15 is 0 Å². The van der Waals surface area contributed by atoms with Crippen LogP contribution >= 0.6 is 23.2 Å². The van der Waals surface area contributed by atoms with Crippen LogP contribution in [0.25, 0.3) is 0 Å². The van der Waals surface area contributed by atoms with Crippen molar-refractivity contribution in [1.82, 2.24) is 5.32 Å². The Bertz CT molecular complexity index is 1510. The number of hydrogen-bond acceptors (Lipinski definition) is 6. The molecule has 4 aromatic rings. The third-order valence-electron chi connectivity index (χ3n) is 7.23. The number of esters is 1. The molecule has 0 aromatic heterocycles. The Morgan fingerprint density at radius 1 is 0.929 bits per heavy atom. The molecule has 1 heterocycles. The third kappa shape index (κ3) is 7.37. The monoisotopic (exact) mass is 605 g/mol. The molecule has 0 bridgehead atoms. The quantitative estimate of drug-likeness (QED) is 0.175. The predicted octanol–water partition coefficient (Wildman–Crippen LogP) is 7.91. The fourth-order valence-electron chi connectivity index (χ4n) is 4.97. The first-order valence-corrected chi connectivity index (χ1v) is 14.7. The number of fused-ring (bicyclic) bond motifs is 1. The van der Waals surface area contributed by atoms with Gasteiger partial charge in [0.2, 0.25) is 0 Å². The molecule has 218 valence electrons. The highest BCUT2D eigenvalue weighted by atomic mass is 35.5. The molecule has 0 aliphatic carbocycles. The van der Waals surface area contributed by atoms with Gasteiger partial charge in [-0.05, 0) is 71.5 Å². The minimum Gasteiger partial charge on any atom is -0.489 e. The fraction of sp³-hybridized carbons (Fsp3) is 0.265. The van der Waals surface area contributed by atoms with Crippen LogP contribution in [0, 0.1) is 0 Å². The van der Waals surface area contributed by atoms with Crippen molar-refractivity contribution in [2.45, 2.75) is 44.6 Å². The highest BCUT2D eigenvalue weighted by molar-refractivity contribution is 6.42. The van der Waals surface area contributed by atoms with Crippen LogP contribution < -0.4 is 19.5 Å². The van der Waals surface area contributed by atoms with E-state index < -0.39 is 6.04 Å². The molecule has 4 aromatic carbocycles. The van der Waals surface area contributed by atoms with Crippen molar-refractivity contribution in [3.63, 3.8) is 0 Å². The number of ether oxygens (including phenoxy) is 4. The second kappa shape index (κ2) is 14.0. The lowest BCUT2D eigenvalue weighted by molar-refractivity contribution is -0.143. The van der Waals surface area contributed by atoms with Crippen molar-refractivity contribution in [1.29, 1.82) is 0 Å². The molecule has 0 saturated heterocycles. The van der Waals surface area contributed by atoms with Gasteiger partial charge in [-0.3, -0.25) is 10.1 Å². The molecule has 1 aliphatic heterocycles. The van der Waals surface area contributed by atoms with E-state index in [1.165, 1.54) is 7.11 Å². The van der Waals surface area contributed by atoms with E-state index in [9.17, 15) is 4.79 Å². The Balaban J connectivity index is 1.24. The van der Waals surface area contributed by atoms with Crippen LogP contribution in [-0.4, -0.2) is 25.7 Å². The molecule has 0 fully saturated rings. The summed E-state index contributed by atoms with van der Waals surface area (Å²) < 4.78 is 23.6. The van der Waals surface area contributed by atoms with Crippen LogP contribution in [0.5, 0.6) is 17.2 Å². The van der Waals surface area contributed by atoms with Crippen molar-refractivity contribution < 1.29 is 23.7 Å². The van der Waals surface area contributed by atoms with Gasteiger partial charge >= 0.3 is 5.97 Å². The minimum absolute atomic E-state index is 0.0250. The first-order valence-electron chi connectivity index (χ1n) is 13.9. The number of nitrogens with one attached hydrogen (secondary N) is 1. The molecule has 1 aliphatic rings. The summed E-state index contributed by atoms with van der Waals surface area (Å²) in [5, 5.41) is 4.50. The number of carbonyl (C=O) groups is 1. The predicted molar refractivity (Wildman–Crippen MR) is 165 cm³/mol. The van der Waals surface area contributed by atoms with Crippen molar-refractivity contribution in [3.8, 4) is 17.2 Å². The van der Waals surface area contributed by atoms with Gasteiger partial charge in [0, 0.05) is 6.04 Å². The third-order valence-corrected chi connectivity index (χ3v) is 7.96. The molecule has 6 nitrogen and oxygen atoms in total. The number of carbonyl (C=O) groups excluding carboxylic acids is 1. The van der Waals surface area contributed by atoms with Crippen LogP contribution in [0.3, 0.4) is 0 Å². The number of benzene rings is 4. The van der Waals surface area contributed by atoms with E-state index in [0.717, 1.165) is 28.7 Å².